The molecule has 0 aliphatic carbocycles. The molecular weight excluding hydrogens is 392 g/mol. The summed E-state index contributed by atoms with van der Waals surface area (Å²) >= 11 is 0. The molecule has 0 spiro atoms. The van der Waals surface area contributed by atoms with Gasteiger partial charge in [0.15, 0.2) is 11.5 Å². The van der Waals surface area contributed by atoms with Gasteiger partial charge in [0.25, 0.3) is 11.8 Å². The molecular formula is C25H24N2O4. The van der Waals surface area contributed by atoms with Crippen molar-refractivity contribution in [2.75, 3.05) is 31.0 Å². The van der Waals surface area contributed by atoms with Gasteiger partial charge in [-0.15, -0.1) is 0 Å². The molecule has 0 aromatic heterocycles. The van der Waals surface area contributed by atoms with Crippen LogP contribution in [0.2, 0.25) is 0 Å². The number of amides is 2. The fraction of sp³-hybridized carbons (Fsp3) is 0.200. The highest BCUT2D eigenvalue weighted by atomic mass is 16.5. The van der Waals surface area contributed by atoms with Crippen molar-refractivity contribution in [3.05, 3.63) is 83.4 Å². The highest BCUT2D eigenvalue weighted by Crippen LogP contribution is 2.33. The number of fused-ring (bicyclic) bond motifs is 1. The van der Waals surface area contributed by atoms with Crippen molar-refractivity contribution in [1.29, 1.82) is 0 Å². The van der Waals surface area contributed by atoms with Crippen molar-refractivity contribution in [3.8, 4) is 11.5 Å². The first-order valence-electron chi connectivity index (χ1n) is 10.1. The maximum Gasteiger partial charge on any atom is 0.259 e. The Morgan fingerprint density at radius 1 is 0.935 bits per heavy atom. The molecule has 0 fully saturated rings. The molecule has 3 aromatic rings. The Hall–Kier alpha value is -3.80. The van der Waals surface area contributed by atoms with Crippen molar-refractivity contribution < 1.29 is 19.1 Å². The standard InChI is InChI=1S/C25H24N2O4/c1-30-22-12-6-11-20(23(22)31-2)24(28)26-19-13-14-21-18(16-19)10-7-15-27(21)25(29)17-8-4-3-5-9-17/h3-6,8-9,11-14,16H,7,10,15H2,1-2H3,(H,26,28). The number of hydrogen-bond donors (Lipinski definition) is 1. The van der Waals surface area contributed by atoms with E-state index in [0.29, 0.717) is 34.9 Å². The van der Waals surface area contributed by atoms with Gasteiger partial charge >= 0.3 is 0 Å². The van der Waals surface area contributed by atoms with Gasteiger partial charge in [0.05, 0.1) is 19.8 Å². The van der Waals surface area contributed by atoms with Crippen LogP contribution in [0.25, 0.3) is 0 Å². The Balaban J connectivity index is 1.58. The summed E-state index contributed by atoms with van der Waals surface area (Å²) in [6.45, 7) is 0.674. The number of rotatable bonds is 5. The molecule has 0 saturated heterocycles. The van der Waals surface area contributed by atoms with Gasteiger partial charge in [0.2, 0.25) is 0 Å². The third kappa shape index (κ3) is 4.10. The average molecular weight is 416 g/mol. The van der Waals surface area contributed by atoms with Crippen LogP contribution < -0.4 is 19.7 Å². The van der Waals surface area contributed by atoms with E-state index in [0.717, 1.165) is 24.1 Å². The number of ether oxygens (including phenoxy) is 2. The lowest BCUT2D eigenvalue weighted by Crippen LogP contribution is -2.35. The lowest BCUT2D eigenvalue weighted by molar-refractivity contribution is 0.0983. The topological polar surface area (TPSA) is 67.9 Å². The van der Waals surface area contributed by atoms with Gasteiger partial charge in [-0.05, 0) is 60.9 Å². The van der Waals surface area contributed by atoms with Gasteiger partial charge in [0.1, 0.15) is 0 Å². The predicted octanol–water partition coefficient (Wildman–Crippen LogP) is 4.55. The number of nitrogens with one attached hydrogen (secondary N) is 1. The van der Waals surface area contributed by atoms with Crippen LogP contribution in [-0.4, -0.2) is 32.6 Å². The quantitative estimate of drug-likeness (QED) is 0.663. The fourth-order valence-corrected chi connectivity index (χ4v) is 3.89. The Morgan fingerprint density at radius 2 is 1.74 bits per heavy atom. The van der Waals surface area contributed by atoms with Gasteiger partial charge in [-0.1, -0.05) is 24.3 Å². The Kier molecular flexibility index (Phi) is 5.89. The van der Waals surface area contributed by atoms with Crippen LogP contribution in [0.5, 0.6) is 11.5 Å². The first kappa shape index (κ1) is 20.5. The molecule has 0 bridgehead atoms. The molecule has 0 radical (unpaired) electrons. The third-order valence-corrected chi connectivity index (χ3v) is 5.37. The van der Waals surface area contributed by atoms with E-state index in [1.165, 1.54) is 14.2 Å². The summed E-state index contributed by atoms with van der Waals surface area (Å²) in [5, 5.41) is 2.93. The van der Waals surface area contributed by atoms with Crippen molar-refractivity contribution >= 4 is 23.2 Å². The second-order valence-corrected chi connectivity index (χ2v) is 7.27. The molecule has 4 rings (SSSR count). The minimum absolute atomic E-state index is 0.0144. The Bertz CT molecular complexity index is 1110. The summed E-state index contributed by atoms with van der Waals surface area (Å²) in [5.41, 5.74) is 3.64. The van der Waals surface area contributed by atoms with E-state index in [4.69, 9.17) is 9.47 Å². The van der Waals surface area contributed by atoms with Crippen LogP contribution in [0.15, 0.2) is 66.7 Å². The van der Waals surface area contributed by atoms with Gasteiger partial charge < -0.3 is 19.7 Å². The summed E-state index contributed by atoms with van der Waals surface area (Å²) in [4.78, 5) is 27.7. The van der Waals surface area contributed by atoms with E-state index >= 15 is 0 Å². The van der Waals surface area contributed by atoms with Crippen LogP contribution in [0.3, 0.4) is 0 Å². The molecule has 1 aliphatic rings. The number of anilines is 2. The largest absolute Gasteiger partial charge is 0.493 e. The van der Waals surface area contributed by atoms with Crippen LogP contribution in [0.4, 0.5) is 11.4 Å². The van der Waals surface area contributed by atoms with Gasteiger partial charge in [0, 0.05) is 23.5 Å². The number of para-hydroxylation sites is 1. The zero-order chi connectivity index (χ0) is 21.8. The maximum atomic E-state index is 13.0. The van der Waals surface area contributed by atoms with Crippen molar-refractivity contribution in [1.82, 2.24) is 0 Å². The number of benzene rings is 3. The minimum Gasteiger partial charge on any atom is -0.493 e. The molecule has 158 valence electrons. The van der Waals surface area contributed by atoms with E-state index in [2.05, 4.69) is 5.32 Å². The molecule has 1 heterocycles. The van der Waals surface area contributed by atoms with Gasteiger partial charge in [-0.2, -0.15) is 0 Å². The average Bonchev–Trinajstić information content (AvgIpc) is 2.82. The summed E-state index contributed by atoms with van der Waals surface area (Å²) in [5.74, 6) is 0.582. The second-order valence-electron chi connectivity index (χ2n) is 7.27. The van der Waals surface area contributed by atoms with Crippen molar-refractivity contribution in [2.45, 2.75) is 12.8 Å². The number of nitrogens with zero attached hydrogens (tertiary/aromatic N) is 1. The van der Waals surface area contributed by atoms with Crippen molar-refractivity contribution in [2.24, 2.45) is 0 Å². The molecule has 2 amide bonds. The summed E-state index contributed by atoms with van der Waals surface area (Å²) in [6.07, 6.45) is 1.72. The van der Waals surface area contributed by atoms with E-state index in [1.54, 1.807) is 18.2 Å². The second kappa shape index (κ2) is 8.92. The van der Waals surface area contributed by atoms with Crippen LogP contribution in [0, 0.1) is 0 Å². The first-order valence-corrected chi connectivity index (χ1v) is 10.1. The van der Waals surface area contributed by atoms with E-state index in [1.807, 2.05) is 53.4 Å². The zero-order valence-electron chi connectivity index (χ0n) is 17.6. The summed E-state index contributed by atoms with van der Waals surface area (Å²) in [6, 6.07) is 20.1. The minimum atomic E-state index is -0.288. The molecule has 0 unspecified atom stereocenters. The lowest BCUT2D eigenvalue weighted by Gasteiger charge is -2.30. The molecule has 1 aliphatic heterocycles. The molecule has 0 saturated carbocycles. The highest BCUT2D eigenvalue weighted by Gasteiger charge is 2.24. The van der Waals surface area contributed by atoms with E-state index in [9.17, 15) is 9.59 Å². The number of methoxy groups -OCH3 is 2. The van der Waals surface area contributed by atoms with Crippen LogP contribution >= 0.6 is 0 Å². The molecule has 1 N–H and O–H groups in total. The van der Waals surface area contributed by atoms with Gasteiger partial charge in [-0.25, -0.2) is 0 Å². The SMILES string of the molecule is COc1cccc(C(=O)Nc2ccc3c(c2)CCCN3C(=O)c2ccccc2)c1OC. The molecule has 3 aromatic carbocycles. The fourth-order valence-electron chi connectivity index (χ4n) is 3.89. The van der Waals surface area contributed by atoms with Crippen LogP contribution in [0.1, 0.15) is 32.7 Å². The monoisotopic (exact) mass is 416 g/mol. The highest BCUT2D eigenvalue weighted by molar-refractivity contribution is 6.08. The number of aryl methyl sites for hydroxylation is 1. The van der Waals surface area contributed by atoms with E-state index < -0.39 is 0 Å². The first-order chi connectivity index (χ1) is 15.1. The summed E-state index contributed by atoms with van der Waals surface area (Å²) < 4.78 is 10.6. The third-order valence-electron chi connectivity index (χ3n) is 5.37. The smallest absolute Gasteiger partial charge is 0.259 e. The Morgan fingerprint density at radius 3 is 2.48 bits per heavy atom. The number of hydrogen-bond acceptors (Lipinski definition) is 4. The van der Waals surface area contributed by atoms with E-state index in [-0.39, 0.29) is 11.8 Å². The zero-order valence-corrected chi connectivity index (χ0v) is 17.6. The maximum absolute atomic E-state index is 13.0. The number of carbonyl (C=O) groups is 2. The van der Waals surface area contributed by atoms with Crippen molar-refractivity contribution in [3.63, 3.8) is 0 Å². The summed E-state index contributed by atoms with van der Waals surface area (Å²) in [7, 11) is 3.04. The number of carbonyl (C=O) groups excluding carboxylic acids is 2. The van der Waals surface area contributed by atoms with Gasteiger partial charge in [-0.3, -0.25) is 9.59 Å². The van der Waals surface area contributed by atoms with Crippen LogP contribution in [-0.2, 0) is 6.42 Å². The lowest BCUT2D eigenvalue weighted by atomic mass is 9.99. The molecule has 6 nitrogen and oxygen atoms in total. The molecule has 31 heavy (non-hydrogen) atoms. The molecule has 0 atom stereocenters. The Labute approximate surface area is 181 Å². The molecule has 6 heteroatoms. The normalized spacial score (nSPS) is 12.6. The predicted molar refractivity (Wildman–Crippen MR) is 120 cm³/mol.